The van der Waals surface area contributed by atoms with E-state index >= 15 is 0 Å². The van der Waals surface area contributed by atoms with Crippen LogP contribution in [0.15, 0.2) is 28.4 Å². The van der Waals surface area contributed by atoms with Crippen molar-refractivity contribution >= 4 is 17.4 Å². The lowest BCUT2D eigenvalue weighted by molar-refractivity contribution is -0.140. The Balaban J connectivity index is 1.64. The summed E-state index contributed by atoms with van der Waals surface area (Å²) >= 11 is 0. The number of furan rings is 1. The van der Waals surface area contributed by atoms with Crippen LogP contribution in [0.25, 0.3) is 5.76 Å². The van der Waals surface area contributed by atoms with Gasteiger partial charge in [-0.3, -0.25) is 19.6 Å². The number of aromatic amines is 1. The first-order chi connectivity index (χ1) is 14.5. The van der Waals surface area contributed by atoms with Crippen molar-refractivity contribution in [2.24, 2.45) is 0 Å². The molecule has 0 aromatic carbocycles. The Morgan fingerprint density at radius 2 is 2.03 bits per heavy atom. The number of nitrogens with one attached hydrogen (secondary N) is 1. The van der Waals surface area contributed by atoms with Crippen LogP contribution in [0.4, 0.5) is 0 Å². The molecule has 0 unspecified atom stereocenters. The van der Waals surface area contributed by atoms with Gasteiger partial charge in [0, 0.05) is 31.9 Å². The Morgan fingerprint density at radius 3 is 2.67 bits per heavy atom. The van der Waals surface area contributed by atoms with Gasteiger partial charge in [0.2, 0.25) is 0 Å². The average molecular weight is 414 g/mol. The number of hydrogen-bond donors (Lipinski definition) is 2. The normalized spacial score (nSPS) is 22.2. The minimum atomic E-state index is -0.765. The molecule has 160 valence electrons. The van der Waals surface area contributed by atoms with E-state index in [0.29, 0.717) is 48.9 Å². The fraction of sp³-hybridized carbons (Fsp3) is 0.476. The number of carbonyl (C=O) groups is 2. The Bertz CT molecular complexity index is 937. The van der Waals surface area contributed by atoms with Crippen LogP contribution in [-0.4, -0.2) is 76.2 Å². The van der Waals surface area contributed by atoms with Crippen LogP contribution in [0.5, 0.6) is 0 Å². The summed E-state index contributed by atoms with van der Waals surface area (Å²) < 4.78 is 10.9. The van der Waals surface area contributed by atoms with Gasteiger partial charge in [-0.2, -0.15) is 5.10 Å². The van der Waals surface area contributed by atoms with Crippen molar-refractivity contribution in [2.45, 2.75) is 26.3 Å². The molecule has 9 nitrogen and oxygen atoms in total. The molecule has 1 amide bonds. The molecule has 30 heavy (non-hydrogen) atoms. The summed E-state index contributed by atoms with van der Waals surface area (Å²) in [6, 6.07) is 2.66. The molecule has 2 N–H and O–H groups in total. The van der Waals surface area contributed by atoms with Crippen molar-refractivity contribution in [1.29, 1.82) is 0 Å². The fourth-order valence-electron chi connectivity index (χ4n) is 4.18. The molecule has 9 heteroatoms. The van der Waals surface area contributed by atoms with Gasteiger partial charge >= 0.3 is 0 Å². The van der Waals surface area contributed by atoms with E-state index in [2.05, 4.69) is 15.1 Å². The number of morpholine rings is 1. The predicted molar refractivity (Wildman–Crippen MR) is 108 cm³/mol. The third-order valence-corrected chi connectivity index (χ3v) is 5.69. The molecule has 2 fully saturated rings. The number of aryl methyl sites for hydroxylation is 2. The zero-order valence-electron chi connectivity index (χ0n) is 17.2. The van der Waals surface area contributed by atoms with E-state index in [1.54, 1.807) is 26.0 Å². The Hall–Kier alpha value is -2.91. The largest absolute Gasteiger partial charge is 0.507 e. The van der Waals surface area contributed by atoms with Crippen molar-refractivity contribution in [3.05, 3.63) is 46.7 Å². The fourth-order valence-corrected chi connectivity index (χ4v) is 4.18. The number of ether oxygens (including phenoxy) is 1. The molecule has 2 aliphatic rings. The van der Waals surface area contributed by atoms with Crippen molar-refractivity contribution < 1.29 is 23.8 Å². The monoisotopic (exact) mass is 414 g/mol. The highest BCUT2D eigenvalue weighted by Crippen LogP contribution is 2.40. The van der Waals surface area contributed by atoms with Crippen molar-refractivity contribution in [3.63, 3.8) is 0 Å². The van der Waals surface area contributed by atoms with Crippen molar-refractivity contribution in [2.75, 3.05) is 39.4 Å². The molecular formula is C21H26N4O5. The Kier molecular flexibility index (Phi) is 5.74. The van der Waals surface area contributed by atoms with Crippen LogP contribution >= 0.6 is 0 Å². The number of aliphatic hydroxyl groups excluding tert-OH is 1. The van der Waals surface area contributed by atoms with Gasteiger partial charge in [0.25, 0.3) is 11.7 Å². The third kappa shape index (κ3) is 3.66. The quantitative estimate of drug-likeness (QED) is 0.421. The molecule has 2 aromatic rings. The molecule has 4 heterocycles. The van der Waals surface area contributed by atoms with Crippen LogP contribution in [-0.2, 0) is 14.3 Å². The summed E-state index contributed by atoms with van der Waals surface area (Å²) in [7, 11) is 0. The zero-order chi connectivity index (χ0) is 21.3. The van der Waals surface area contributed by atoms with E-state index in [1.165, 1.54) is 11.2 Å². The highest BCUT2D eigenvalue weighted by Gasteiger charge is 2.47. The summed E-state index contributed by atoms with van der Waals surface area (Å²) in [5.41, 5.74) is 1.66. The lowest BCUT2D eigenvalue weighted by Crippen LogP contribution is -2.38. The number of nitrogens with zero attached hydrogens (tertiary/aromatic N) is 3. The number of carbonyl (C=O) groups excluding carboxylic acids is 2. The number of Topliss-reactive ketones (excluding diaryl/α,β-unsaturated/α-hetero) is 1. The minimum absolute atomic E-state index is 0.0360. The molecule has 0 spiro atoms. The number of H-pyrrole nitrogens is 1. The number of ketones is 1. The third-order valence-electron chi connectivity index (χ3n) is 5.69. The average Bonchev–Trinajstić information content (AvgIpc) is 3.44. The summed E-state index contributed by atoms with van der Waals surface area (Å²) in [6.07, 6.45) is 2.20. The number of likely N-dealkylation sites (tertiary alicyclic amines) is 1. The number of amides is 1. The van der Waals surface area contributed by atoms with Crippen molar-refractivity contribution in [1.82, 2.24) is 20.0 Å². The zero-order valence-corrected chi connectivity index (χ0v) is 17.2. The van der Waals surface area contributed by atoms with Crippen LogP contribution in [0.1, 0.15) is 35.2 Å². The lowest BCUT2D eigenvalue weighted by Gasteiger charge is -2.28. The molecule has 0 saturated carbocycles. The first-order valence-electron chi connectivity index (χ1n) is 10.1. The summed E-state index contributed by atoms with van der Waals surface area (Å²) in [4.78, 5) is 29.6. The minimum Gasteiger partial charge on any atom is -0.507 e. The van der Waals surface area contributed by atoms with Gasteiger partial charge in [0.15, 0.2) is 0 Å². The maximum atomic E-state index is 12.9. The number of aromatic nitrogens is 2. The molecule has 2 aromatic heterocycles. The Labute approximate surface area is 174 Å². The molecule has 2 aliphatic heterocycles. The summed E-state index contributed by atoms with van der Waals surface area (Å²) in [5.74, 6) is -1.12. The Morgan fingerprint density at radius 1 is 1.27 bits per heavy atom. The van der Waals surface area contributed by atoms with Crippen LogP contribution < -0.4 is 0 Å². The first kappa shape index (κ1) is 20.4. The van der Waals surface area contributed by atoms with Gasteiger partial charge in [-0.25, -0.2) is 0 Å². The van der Waals surface area contributed by atoms with Crippen LogP contribution in [0.3, 0.4) is 0 Å². The number of aliphatic hydroxyl groups is 1. The molecule has 1 atom stereocenters. The molecule has 0 radical (unpaired) electrons. The van der Waals surface area contributed by atoms with Crippen LogP contribution in [0.2, 0.25) is 0 Å². The van der Waals surface area contributed by atoms with E-state index in [0.717, 1.165) is 19.6 Å². The summed E-state index contributed by atoms with van der Waals surface area (Å²) in [5, 5.41) is 17.9. The number of rotatable bonds is 6. The second-order valence-corrected chi connectivity index (χ2v) is 7.62. The summed E-state index contributed by atoms with van der Waals surface area (Å²) in [6.45, 7) is 7.82. The topological polar surface area (TPSA) is 112 Å². The number of hydrogen-bond acceptors (Lipinski definition) is 7. The molecule has 4 rings (SSSR count). The van der Waals surface area contributed by atoms with E-state index in [1.807, 2.05) is 0 Å². The van der Waals surface area contributed by atoms with E-state index in [-0.39, 0.29) is 11.3 Å². The second kappa shape index (κ2) is 8.45. The van der Waals surface area contributed by atoms with Gasteiger partial charge in [-0.15, -0.1) is 0 Å². The lowest BCUT2D eigenvalue weighted by atomic mass is 9.98. The maximum Gasteiger partial charge on any atom is 0.295 e. The van der Waals surface area contributed by atoms with Gasteiger partial charge in [-0.05, 0) is 32.4 Å². The van der Waals surface area contributed by atoms with Crippen molar-refractivity contribution in [3.8, 4) is 0 Å². The SMILES string of the molecule is Cc1n[nH]c(C)c1/C(O)=C1\C(=O)C(=O)N(CCCN2CCOCC2)[C@H]1c1ccco1. The van der Waals surface area contributed by atoms with Gasteiger partial charge in [0.05, 0.1) is 36.3 Å². The van der Waals surface area contributed by atoms with Gasteiger partial charge in [0.1, 0.15) is 17.6 Å². The molecule has 2 saturated heterocycles. The second-order valence-electron chi connectivity index (χ2n) is 7.62. The highest BCUT2D eigenvalue weighted by atomic mass is 16.5. The maximum absolute atomic E-state index is 12.9. The first-order valence-corrected chi connectivity index (χ1v) is 10.1. The van der Waals surface area contributed by atoms with Crippen LogP contribution in [0, 0.1) is 13.8 Å². The van der Waals surface area contributed by atoms with E-state index in [4.69, 9.17) is 9.15 Å². The van der Waals surface area contributed by atoms with Gasteiger partial charge in [-0.1, -0.05) is 0 Å². The van der Waals surface area contributed by atoms with Gasteiger partial charge < -0.3 is 19.2 Å². The molecule has 0 bridgehead atoms. The van der Waals surface area contributed by atoms with E-state index < -0.39 is 17.7 Å². The molecule has 0 aliphatic carbocycles. The molecular weight excluding hydrogens is 388 g/mol. The van der Waals surface area contributed by atoms with E-state index in [9.17, 15) is 14.7 Å². The highest BCUT2D eigenvalue weighted by molar-refractivity contribution is 6.46. The standard InChI is InChI=1S/C21H26N4O5/c1-13-16(14(2)23-22-13)19(26)17-18(15-5-3-10-30-15)25(21(28)20(17)27)7-4-6-24-8-11-29-12-9-24/h3,5,10,18,26H,4,6-9,11-12H2,1-2H3,(H,22,23)/b19-17+/t18-/m0/s1. The predicted octanol–water partition coefficient (Wildman–Crippen LogP) is 1.76. The smallest absolute Gasteiger partial charge is 0.295 e.